The van der Waals surface area contributed by atoms with Gasteiger partial charge in [0.1, 0.15) is 5.00 Å². The van der Waals surface area contributed by atoms with Gasteiger partial charge in [-0.15, -0.1) is 21.6 Å². The van der Waals surface area contributed by atoms with E-state index in [1.807, 2.05) is 56.3 Å². The van der Waals surface area contributed by atoms with E-state index in [1.54, 1.807) is 11.3 Å². The third kappa shape index (κ3) is 3.32. The Kier molecular flexibility index (Phi) is 3.77. The maximum absolute atomic E-state index is 4.08. The standard InChI is InChI=1S/C13H13N3S/c1-10-8-9-13(17-10)15-16-14-11(2)12-6-4-3-5-7-12/h3-9H,1-2H3/b14-11+,16-15+. The van der Waals surface area contributed by atoms with Gasteiger partial charge < -0.3 is 0 Å². The summed E-state index contributed by atoms with van der Waals surface area (Å²) in [6, 6.07) is 13.9. The monoisotopic (exact) mass is 243 g/mol. The predicted octanol–water partition coefficient (Wildman–Crippen LogP) is 4.56. The molecular weight excluding hydrogens is 230 g/mol. The zero-order chi connectivity index (χ0) is 12.1. The minimum atomic E-state index is 0.864. The van der Waals surface area contributed by atoms with Crippen molar-refractivity contribution < 1.29 is 0 Å². The van der Waals surface area contributed by atoms with Gasteiger partial charge in [0.2, 0.25) is 0 Å². The number of hydrogen-bond donors (Lipinski definition) is 0. The third-order valence-electron chi connectivity index (χ3n) is 2.26. The van der Waals surface area contributed by atoms with Gasteiger partial charge in [-0.25, -0.2) is 0 Å². The molecule has 1 aromatic heterocycles. The smallest absolute Gasteiger partial charge is 0.135 e. The van der Waals surface area contributed by atoms with Crippen LogP contribution in [0.3, 0.4) is 0 Å². The van der Waals surface area contributed by atoms with E-state index in [0.717, 1.165) is 16.3 Å². The van der Waals surface area contributed by atoms with Crippen LogP contribution in [0.2, 0.25) is 0 Å². The van der Waals surface area contributed by atoms with Crippen molar-refractivity contribution in [3.05, 3.63) is 52.9 Å². The Labute approximate surface area is 105 Å². The molecule has 0 fully saturated rings. The highest BCUT2D eigenvalue weighted by Crippen LogP contribution is 2.24. The van der Waals surface area contributed by atoms with E-state index in [4.69, 9.17) is 0 Å². The van der Waals surface area contributed by atoms with Gasteiger partial charge in [-0.05, 0) is 36.8 Å². The van der Waals surface area contributed by atoms with Crippen molar-refractivity contribution in [1.82, 2.24) is 0 Å². The van der Waals surface area contributed by atoms with E-state index >= 15 is 0 Å². The molecule has 1 heterocycles. The second-order valence-electron chi connectivity index (χ2n) is 3.63. The van der Waals surface area contributed by atoms with Crippen molar-refractivity contribution in [2.75, 3.05) is 0 Å². The van der Waals surface area contributed by atoms with Gasteiger partial charge in [0.25, 0.3) is 0 Å². The predicted molar refractivity (Wildman–Crippen MR) is 72.2 cm³/mol. The van der Waals surface area contributed by atoms with Crippen molar-refractivity contribution in [2.45, 2.75) is 13.8 Å². The maximum atomic E-state index is 4.08. The van der Waals surface area contributed by atoms with Gasteiger partial charge in [-0.2, -0.15) is 0 Å². The Morgan fingerprint density at radius 2 is 1.82 bits per heavy atom. The molecule has 1 aromatic carbocycles. The van der Waals surface area contributed by atoms with Crippen LogP contribution in [-0.4, -0.2) is 5.71 Å². The lowest BCUT2D eigenvalue weighted by atomic mass is 10.1. The molecule has 0 aliphatic heterocycles. The fourth-order valence-electron chi connectivity index (χ4n) is 1.35. The third-order valence-corrected chi connectivity index (χ3v) is 3.14. The summed E-state index contributed by atoms with van der Waals surface area (Å²) in [5, 5.41) is 12.9. The van der Waals surface area contributed by atoms with E-state index in [9.17, 15) is 0 Å². The van der Waals surface area contributed by atoms with Crippen LogP contribution in [0.4, 0.5) is 5.00 Å². The van der Waals surface area contributed by atoms with Crippen LogP contribution < -0.4 is 0 Å². The van der Waals surface area contributed by atoms with Crippen LogP contribution in [0.5, 0.6) is 0 Å². The number of benzene rings is 1. The Morgan fingerprint density at radius 3 is 2.47 bits per heavy atom. The summed E-state index contributed by atoms with van der Waals surface area (Å²) in [7, 11) is 0. The zero-order valence-corrected chi connectivity index (χ0v) is 10.6. The molecule has 0 radical (unpaired) electrons. The lowest BCUT2D eigenvalue weighted by Crippen LogP contribution is -1.91. The van der Waals surface area contributed by atoms with E-state index in [1.165, 1.54) is 4.88 Å². The van der Waals surface area contributed by atoms with Crippen molar-refractivity contribution in [2.24, 2.45) is 15.4 Å². The molecule has 86 valence electrons. The van der Waals surface area contributed by atoms with Crippen LogP contribution >= 0.6 is 11.3 Å². The first-order valence-corrected chi connectivity index (χ1v) is 6.14. The molecule has 0 saturated heterocycles. The molecule has 4 heteroatoms. The van der Waals surface area contributed by atoms with E-state index in [0.29, 0.717) is 0 Å². The molecule has 17 heavy (non-hydrogen) atoms. The van der Waals surface area contributed by atoms with E-state index < -0.39 is 0 Å². The summed E-state index contributed by atoms with van der Waals surface area (Å²) in [6.07, 6.45) is 0. The number of aryl methyl sites for hydroxylation is 1. The molecule has 0 bridgehead atoms. The molecule has 3 nitrogen and oxygen atoms in total. The number of hydrogen-bond acceptors (Lipinski definition) is 3. The number of rotatable bonds is 3. The van der Waals surface area contributed by atoms with Crippen LogP contribution in [0.15, 0.2) is 57.9 Å². The molecule has 2 rings (SSSR count). The van der Waals surface area contributed by atoms with Crippen molar-refractivity contribution in [1.29, 1.82) is 0 Å². The summed E-state index contributed by atoms with van der Waals surface area (Å²) in [6.45, 7) is 3.97. The Morgan fingerprint density at radius 1 is 1.06 bits per heavy atom. The van der Waals surface area contributed by atoms with E-state index in [-0.39, 0.29) is 0 Å². The summed E-state index contributed by atoms with van der Waals surface area (Å²) in [5.74, 6) is 0. The zero-order valence-electron chi connectivity index (χ0n) is 9.79. The fourth-order valence-corrected chi connectivity index (χ4v) is 2.03. The minimum absolute atomic E-state index is 0.864. The summed E-state index contributed by atoms with van der Waals surface area (Å²) >= 11 is 1.61. The van der Waals surface area contributed by atoms with Gasteiger partial charge in [-0.3, -0.25) is 0 Å². The first-order chi connectivity index (χ1) is 8.25. The Bertz CT molecular complexity index is 541. The van der Waals surface area contributed by atoms with Gasteiger partial charge in [0, 0.05) is 4.88 Å². The highest BCUT2D eigenvalue weighted by Gasteiger charge is 1.95. The lowest BCUT2D eigenvalue weighted by molar-refractivity contribution is 1.06. The highest BCUT2D eigenvalue weighted by molar-refractivity contribution is 7.15. The van der Waals surface area contributed by atoms with Crippen LogP contribution in [0, 0.1) is 6.92 Å². The molecule has 0 unspecified atom stereocenters. The van der Waals surface area contributed by atoms with Gasteiger partial charge >= 0.3 is 0 Å². The van der Waals surface area contributed by atoms with E-state index in [2.05, 4.69) is 15.4 Å². The van der Waals surface area contributed by atoms with Crippen LogP contribution in [-0.2, 0) is 0 Å². The second kappa shape index (κ2) is 5.50. The van der Waals surface area contributed by atoms with Crippen molar-refractivity contribution >= 4 is 22.0 Å². The first kappa shape index (κ1) is 11.7. The number of thiophene rings is 1. The minimum Gasteiger partial charge on any atom is -0.135 e. The summed E-state index contributed by atoms with van der Waals surface area (Å²) < 4.78 is 0. The lowest BCUT2D eigenvalue weighted by Gasteiger charge is -1.95. The topological polar surface area (TPSA) is 37.1 Å². The normalized spacial score (nSPS) is 12.2. The SMILES string of the molecule is C/C(=N\N=N\c1ccc(C)s1)c1ccccc1. The van der Waals surface area contributed by atoms with Gasteiger partial charge in [0.15, 0.2) is 0 Å². The maximum Gasteiger partial charge on any atom is 0.140 e. The quantitative estimate of drug-likeness (QED) is 0.430. The Balaban J connectivity index is 2.08. The molecule has 0 saturated carbocycles. The average Bonchev–Trinajstić information content (AvgIpc) is 2.76. The van der Waals surface area contributed by atoms with Gasteiger partial charge in [-0.1, -0.05) is 30.3 Å². The largest absolute Gasteiger partial charge is 0.140 e. The van der Waals surface area contributed by atoms with Crippen molar-refractivity contribution in [3.63, 3.8) is 0 Å². The summed E-state index contributed by atoms with van der Waals surface area (Å²) in [5.41, 5.74) is 1.93. The molecule has 0 aliphatic rings. The Hall–Kier alpha value is -1.81. The molecule has 0 atom stereocenters. The fraction of sp³-hybridized carbons (Fsp3) is 0.154. The average molecular weight is 243 g/mol. The van der Waals surface area contributed by atoms with Gasteiger partial charge in [0.05, 0.1) is 5.71 Å². The summed E-state index contributed by atoms with van der Waals surface area (Å²) in [4.78, 5) is 1.22. The second-order valence-corrected chi connectivity index (χ2v) is 4.89. The highest BCUT2D eigenvalue weighted by atomic mass is 32.1. The van der Waals surface area contributed by atoms with Crippen LogP contribution in [0.25, 0.3) is 0 Å². The van der Waals surface area contributed by atoms with Crippen LogP contribution in [0.1, 0.15) is 17.4 Å². The molecule has 0 aliphatic carbocycles. The molecular formula is C13H13N3S. The molecule has 0 spiro atoms. The number of nitrogens with zero attached hydrogens (tertiary/aromatic N) is 3. The van der Waals surface area contributed by atoms with Crippen molar-refractivity contribution in [3.8, 4) is 0 Å². The molecule has 0 N–H and O–H groups in total. The molecule has 0 amide bonds. The first-order valence-electron chi connectivity index (χ1n) is 5.33. The molecule has 2 aromatic rings.